The summed E-state index contributed by atoms with van der Waals surface area (Å²) in [4.78, 5) is 0. The smallest absolute Gasteiger partial charge is 0.313 e. The Kier molecular flexibility index (Phi) is 5.95. The molecule has 0 aliphatic carbocycles. The van der Waals surface area contributed by atoms with Crippen LogP contribution < -0.4 is 15.2 Å². The van der Waals surface area contributed by atoms with Gasteiger partial charge in [0.2, 0.25) is 5.89 Å². The number of nitrogens with zero attached hydrogens (tertiary/aromatic N) is 2. The number of anilines is 1. The highest BCUT2D eigenvalue weighted by atomic mass is 79.9. The monoisotopic (exact) mass is 479 g/mol. The molecule has 1 heterocycles. The average molecular weight is 481 g/mol. The van der Waals surface area contributed by atoms with E-state index in [4.69, 9.17) is 19.6 Å². The van der Waals surface area contributed by atoms with Gasteiger partial charge in [0, 0.05) is 10.5 Å². The van der Waals surface area contributed by atoms with Crippen molar-refractivity contribution in [3.05, 3.63) is 62.4 Å². The minimum absolute atomic E-state index is 0.0275. The number of nitrogens with two attached hydrogens (primary N) is 1. The molecule has 6 nitrogen and oxygen atoms in total. The molecule has 3 aromatic rings. The van der Waals surface area contributed by atoms with Crippen LogP contribution in [0.3, 0.4) is 0 Å². The molecule has 134 valence electrons. The molecular formula is C18H15Br2N3O3. The van der Waals surface area contributed by atoms with Gasteiger partial charge in [-0.1, -0.05) is 33.2 Å². The van der Waals surface area contributed by atoms with Crippen LogP contribution in [0.2, 0.25) is 0 Å². The first-order valence-electron chi connectivity index (χ1n) is 7.57. The molecule has 0 amide bonds. The van der Waals surface area contributed by atoms with Crippen LogP contribution in [0.5, 0.6) is 11.5 Å². The van der Waals surface area contributed by atoms with E-state index in [9.17, 15) is 0 Å². The Labute approximate surface area is 167 Å². The van der Waals surface area contributed by atoms with Crippen molar-refractivity contribution < 1.29 is 13.9 Å². The maximum Gasteiger partial charge on any atom is 0.313 e. The van der Waals surface area contributed by atoms with Gasteiger partial charge in [0.25, 0.3) is 0 Å². The van der Waals surface area contributed by atoms with Gasteiger partial charge in [0.05, 0.1) is 11.6 Å². The number of benzene rings is 2. The van der Waals surface area contributed by atoms with Crippen molar-refractivity contribution in [2.24, 2.45) is 0 Å². The molecule has 1 aromatic heterocycles. The van der Waals surface area contributed by atoms with Crippen molar-refractivity contribution in [3.63, 3.8) is 0 Å². The molecule has 8 heteroatoms. The predicted octanol–water partition coefficient (Wildman–Crippen LogP) is 4.93. The quantitative estimate of drug-likeness (QED) is 0.538. The molecule has 0 bridgehead atoms. The highest BCUT2D eigenvalue weighted by molar-refractivity contribution is 9.10. The third-order valence-electron chi connectivity index (χ3n) is 3.40. The van der Waals surface area contributed by atoms with E-state index >= 15 is 0 Å². The van der Waals surface area contributed by atoms with Crippen LogP contribution in [0, 0.1) is 0 Å². The molecule has 0 aliphatic heterocycles. The van der Waals surface area contributed by atoms with Crippen LogP contribution in [0.15, 0.2) is 49.8 Å². The molecule has 0 aliphatic rings. The molecule has 0 unspecified atom stereocenters. The SMILES string of the molecule is COc1cc(/C=C/c2nnc(N)o2)cc(Br)c1OCc1cccc(Br)c1. The van der Waals surface area contributed by atoms with Crippen LogP contribution in [-0.2, 0) is 6.61 Å². The number of nitrogen functional groups attached to an aromatic ring is 1. The van der Waals surface area contributed by atoms with Crippen molar-refractivity contribution in [1.82, 2.24) is 10.2 Å². The van der Waals surface area contributed by atoms with Gasteiger partial charge in [-0.2, -0.15) is 0 Å². The fraction of sp³-hybridized carbons (Fsp3) is 0.111. The largest absolute Gasteiger partial charge is 0.493 e. The van der Waals surface area contributed by atoms with E-state index in [1.165, 1.54) is 0 Å². The Morgan fingerprint density at radius 3 is 2.69 bits per heavy atom. The first-order valence-corrected chi connectivity index (χ1v) is 9.15. The second-order valence-electron chi connectivity index (χ2n) is 5.26. The predicted molar refractivity (Wildman–Crippen MR) is 107 cm³/mol. The third-order valence-corrected chi connectivity index (χ3v) is 4.48. The lowest BCUT2D eigenvalue weighted by atomic mass is 10.2. The maximum atomic E-state index is 5.95. The van der Waals surface area contributed by atoms with Crippen molar-refractivity contribution >= 4 is 50.0 Å². The molecular weight excluding hydrogens is 466 g/mol. The Hall–Kier alpha value is -2.32. The van der Waals surface area contributed by atoms with E-state index < -0.39 is 0 Å². The average Bonchev–Trinajstić information content (AvgIpc) is 3.04. The lowest BCUT2D eigenvalue weighted by molar-refractivity contribution is 0.282. The van der Waals surface area contributed by atoms with Crippen LogP contribution >= 0.6 is 31.9 Å². The Balaban J connectivity index is 1.79. The number of hydrogen-bond acceptors (Lipinski definition) is 6. The van der Waals surface area contributed by atoms with E-state index in [2.05, 4.69) is 42.1 Å². The summed E-state index contributed by atoms with van der Waals surface area (Å²) < 4.78 is 18.3. The van der Waals surface area contributed by atoms with Crippen LogP contribution in [-0.4, -0.2) is 17.3 Å². The van der Waals surface area contributed by atoms with E-state index in [1.807, 2.05) is 42.5 Å². The second kappa shape index (κ2) is 8.37. The standard InChI is InChI=1S/C18H15Br2N3O3/c1-24-15-9-11(5-6-16-22-23-18(21)26-16)8-14(20)17(15)25-10-12-3-2-4-13(19)7-12/h2-9H,10H2,1H3,(H2,21,23)/b6-5+. The molecule has 0 saturated heterocycles. The van der Waals surface area contributed by atoms with Gasteiger partial charge in [-0.15, -0.1) is 5.10 Å². The molecule has 0 spiro atoms. The number of halogens is 2. The van der Waals surface area contributed by atoms with Gasteiger partial charge in [-0.3, -0.25) is 0 Å². The summed E-state index contributed by atoms with van der Waals surface area (Å²) in [6, 6.07) is 11.7. The normalized spacial score (nSPS) is 11.0. The molecule has 0 atom stereocenters. The first kappa shape index (κ1) is 18.5. The number of methoxy groups -OCH3 is 1. The summed E-state index contributed by atoms with van der Waals surface area (Å²) >= 11 is 6.99. The molecule has 26 heavy (non-hydrogen) atoms. The van der Waals surface area contributed by atoms with Crippen LogP contribution in [0.1, 0.15) is 17.0 Å². The topological polar surface area (TPSA) is 83.4 Å². The van der Waals surface area contributed by atoms with Gasteiger partial charge >= 0.3 is 6.01 Å². The Morgan fingerprint density at radius 1 is 1.15 bits per heavy atom. The Bertz CT molecular complexity index is 941. The molecule has 0 fully saturated rings. The summed E-state index contributed by atoms with van der Waals surface area (Å²) in [6.45, 7) is 0.421. The van der Waals surface area contributed by atoms with Gasteiger partial charge in [0.1, 0.15) is 6.61 Å². The minimum atomic E-state index is 0.0275. The maximum absolute atomic E-state index is 5.95. The number of ether oxygens (including phenoxy) is 2. The summed E-state index contributed by atoms with van der Waals surface area (Å²) in [5, 5.41) is 7.39. The lowest BCUT2D eigenvalue weighted by Gasteiger charge is -2.14. The fourth-order valence-corrected chi connectivity index (χ4v) is 3.26. The number of aromatic nitrogens is 2. The fourth-order valence-electron chi connectivity index (χ4n) is 2.24. The van der Waals surface area contributed by atoms with Gasteiger partial charge in [-0.25, -0.2) is 0 Å². The minimum Gasteiger partial charge on any atom is -0.493 e. The van der Waals surface area contributed by atoms with Gasteiger partial charge in [-0.05, 0) is 57.4 Å². The van der Waals surface area contributed by atoms with Gasteiger partial charge in [0.15, 0.2) is 11.5 Å². The van der Waals surface area contributed by atoms with E-state index in [1.54, 1.807) is 13.2 Å². The van der Waals surface area contributed by atoms with Crippen LogP contribution in [0.4, 0.5) is 6.01 Å². The van der Waals surface area contributed by atoms with Crippen LogP contribution in [0.25, 0.3) is 12.2 Å². The first-order chi connectivity index (χ1) is 12.5. The van der Waals surface area contributed by atoms with E-state index in [0.717, 1.165) is 20.1 Å². The van der Waals surface area contributed by atoms with Crippen molar-refractivity contribution in [1.29, 1.82) is 0 Å². The second-order valence-corrected chi connectivity index (χ2v) is 7.03. The molecule has 3 rings (SSSR count). The summed E-state index contributed by atoms with van der Waals surface area (Å²) in [5.74, 6) is 1.57. The van der Waals surface area contributed by atoms with E-state index in [0.29, 0.717) is 24.0 Å². The molecule has 0 saturated carbocycles. The van der Waals surface area contributed by atoms with Gasteiger partial charge < -0.3 is 19.6 Å². The van der Waals surface area contributed by atoms with E-state index in [-0.39, 0.29) is 6.01 Å². The zero-order chi connectivity index (χ0) is 18.5. The highest BCUT2D eigenvalue weighted by Gasteiger charge is 2.11. The lowest BCUT2D eigenvalue weighted by Crippen LogP contribution is -1.99. The third kappa shape index (κ3) is 4.64. The number of rotatable bonds is 6. The molecule has 2 aromatic carbocycles. The zero-order valence-corrected chi connectivity index (χ0v) is 17.0. The molecule has 2 N–H and O–H groups in total. The number of hydrogen-bond donors (Lipinski definition) is 1. The zero-order valence-electron chi connectivity index (χ0n) is 13.8. The highest BCUT2D eigenvalue weighted by Crippen LogP contribution is 2.37. The summed E-state index contributed by atoms with van der Waals surface area (Å²) in [6.07, 6.45) is 3.49. The molecule has 0 radical (unpaired) electrons. The van der Waals surface area contributed by atoms with Crippen molar-refractivity contribution in [2.45, 2.75) is 6.61 Å². The Morgan fingerprint density at radius 2 is 2.00 bits per heavy atom. The van der Waals surface area contributed by atoms with Crippen molar-refractivity contribution in [2.75, 3.05) is 12.8 Å². The summed E-state index contributed by atoms with van der Waals surface area (Å²) in [7, 11) is 1.60. The van der Waals surface area contributed by atoms with Crippen molar-refractivity contribution in [3.8, 4) is 11.5 Å². The summed E-state index contributed by atoms with van der Waals surface area (Å²) in [5.41, 5.74) is 7.33.